The van der Waals surface area contributed by atoms with Crippen molar-refractivity contribution >= 4 is 11.8 Å². The van der Waals surface area contributed by atoms with Crippen LogP contribution in [0.25, 0.3) is 0 Å². The van der Waals surface area contributed by atoms with Crippen molar-refractivity contribution in [3.05, 3.63) is 23.8 Å². The highest BCUT2D eigenvalue weighted by atomic mass is 19.4. The minimum atomic E-state index is -4.53. The molecule has 0 heterocycles. The van der Waals surface area contributed by atoms with Gasteiger partial charge in [0.05, 0.1) is 18.7 Å². The van der Waals surface area contributed by atoms with Gasteiger partial charge in [0, 0.05) is 12.6 Å². The molecular weight excluding hydrogens is 313 g/mol. The van der Waals surface area contributed by atoms with Gasteiger partial charge < -0.3 is 15.2 Å². The summed E-state index contributed by atoms with van der Waals surface area (Å²) in [5.74, 6) is -1.60. The van der Waals surface area contributed by atoms with Gasteiger partial charge in [-0.1, -0.05) is 6.07 Å². The second kappa shape index (κ2) is 7.08. The van der Waals surface area contributed by atoms with Gasteiger partial charge >= 0.3 is 12.3 Å². The van der Waals surface area contributed by atoms with E-state index in [1.807, 2.05) is 0 Å². The third kappa shape index (κ3) is 5.63. The largest absolute Gasteiger partial charge is 0.497 e. The molecule has 1 amide bonds. The Morgan fingerprint density at radius 3 is 2.35 bits per heavy atom. The van der Waals surface area contributed by atoms with Crippen molar-refractivity contribution in [2.24, 2.45) is 5.73 Å². The van der Waals surface area contributed by atoms with Gasteiger partial charge in [-0.25, -0.2) is 4.79 Å². The SMILES string of the molecule is COc1ccc(C(CN)C(F)(F)F)c(NC(=O)OC(C)(C)C)c1. The van der Waals surface area contributed by atoms with Gasteiger partial charge in [-0.15, -0.1) is 0 Å². The zero-order valence-electron chi connectivity index (χ0n) is 13.5. The number of halogens is 3. The maximum Gasteiger partial charge on any atom is 0.412 e. The molecule has 0 fully saturated rings. The summed E-state index contributed by atoms with van der Waals surface area (Å²) < 4.78 is 49.4. The second-order valence-corrected chi connectivity index (χ2v) is 5.91. The summed E-state index contributed by atoms with van der Waals surface area (Å²) in [5, 5.41) is 2.33. The van der Waals surface area contributed by atoms with E-state index in [1.165, 1.54) is 25.3 Å². The minimum Gasteiger partial charge on any atom is -0.497 e. The van der Waals surface area contributed by atoms with E-state index in [9.17, 15) is 18.0 Å². The molecule has 1 aromatic carbocycles. The fourth-order valence-electron chi connectivity index (χ4n) is 1.92. The number of alkyl halides is 3. The molecule has 0 radical (unpaired) electrons. The van der Waals surface area contributed by atoms with Crippen LogP contribution in [0, 0.1) is 0 Å². The number of nitrogens with one attached hydrogen (secondary N) is 1. The molecule has 5 nitrogen and oxygen atoms in total. The van der Waals surface area contributed by atoms with Crippen molar-refractivity contribution in [1.82, 2.24) is 0 Å². The molecule has 3 N–H and O–H groups in total. The molecular formula is C15H21F3N2O3. The summed E-state index contributed by atoms with van der Waals surface area (Å²) in [5.41, 5.74) is 4.29. The maximum atomic E-state index is 13.1. The molecule has 1 rings (SSSR count). The number of hydrogen-bond acceptors (Lipinski definition) is 4. The molecule has 0 saturated heterocycles. The molecule has 0 aliphatic rings. The molecule has 0 aromatic heterocycles. The highest BCUT2D eigenvalue weighted by Crippen LogP contribution is 2.39. The Morgan fingerprint density at radius 1 is 1.30 bits per heavy atom. The van der Waals surface area contributed by atoms with Gasteiger partial charge in [-0.05, 0) is 32.4 Å². The monoisotopic (exact) mass is 334 g/mol. The molecule has 130 valence electrons. The molecule has 1 atom stereocenters. The zero-order valence-corrected chi connectivity index (χ0v) is 13.5. The lowest BCUT2D eigenvalue weighted by atomic mass is 9.96. The molecule has 23 heavy (non-hydrogen) atoms. The number of methoxy groups -OCH3 is 1. The molecule has 0 aliphatic carbocycles. The minimum absolute atomic E-state index is 0.0497. The molecule has 0 bridgehead atoms. The first-order valence-corrected chi connectivity index (χ1v) is 6.92. The zero-order chi connectivity index (χ0) is 17.8. The van der Waals surface area contributed by atoms with Crippen molar-refractivity contribution in [2.45, 2.75) is 38.5 Å². The van der Waals surface area contributed by atoms with Gasteiger partial charge in [0.1, 0.15) is 11.4 Å². The van der Waals surface area contributed by atoms with E-state index in [0.717, 1.165) is 0 Å². The van der Waals surface area contributed by atoms with Crippen molar-refractivity contribution in [3.8, 4) is 5.75 Å². The summed E-state index contributed by atoms with van der Waals surface area (Å²) >= 11 is 0. The number of ether oxygens (including phenoxy) is 2. The Bertz CT molecular complexity index is 554. The Kier molecular flexibility index (Phi) is 5.87. The Labute approximate surface area is 132 Å². The molecule has 0 spiro atoms. The smallest absolute Gasteiger partial charge is 0.412 e. The first-order valence-electron chi connectivity index (χ1n) is 6.92. The van der Waals surface area contributed by atoms with Gasteiger partial charge in [0.2, 0.25) is 0 Å². The molecule has 1 aromatic rings. The predicted octanol–water partition coefficient (Wildman–Crippen LogP) is 3.65. The predicted molar refractivity (Wildman–Crippen MR) is 80.7 cm³/mol. The van der Waals surface area contributed by atoms with Crippen LogP contribution >= 0.6 is 0 Å². The lowest BCUT2D eigenvalue weighted by Crippen LogP contribution is -2.31. The topological polar surface area (TPSA) is 73.6 Å². The third-order valence-corrected chi connectivity index (χ3v) is 2.90. The molecule has 0 saturated carbocycles. The average Bonchev–Trinajstić information content (AvgIpc) is 2.37. The number of amides is 1. The van der Waals surface area contributed by atoms with Gasteiger partial charge in [-0.2, -0.15) is 13.2 Å². The normalized spacial score (nSPS) is 13.4. The fourth-order valence-corrected chi connectivity index (χ4v) is 1.92. The lowest BCUT2D eigenvalue weighted by Gasteiger charge is -2.24. The number of nitrogens with two attached hydrogens (primary N) is 1. The van der Waals surface area contributed by atoms with Gasteiger partial charge in [-0.3, -0.25) is 5.32 Å². The number of rotatable bonds is 4. The van der Waals surface area contributed by atoms with E-state index in [4.69, 9.17) is 15.2 Å². The number of carbonyl (C=O) groups is 1. The summed E-state index contributed by atoms with van der Waals surface area (Å²) in [6.45, 7) is 4.31. The van der Waals surface area contributed by atoms with E-state index >= 15 is 0 Å². The van der Waals surface area contributed by atoms with Crippen molar-refractivity contribution in [2.75, 3.05) is 19.0 Å². The van der Waals surface area contributed by atoms with Crippen LogP contribution in [0.3, 0.4) is 0 Å². The first-order chi connectivity index (χ1) is 10.5. The van der Waals surface area contributed by atoms with E-state index in [0.29, 0.717) is 5.75 Å². The van der Waals surface area contributed by atoms with Crippen LogP contribution in [0.15, 0.2) is 18.2 Å². The highest BCUT2D eigenvalue weighted by molar-refractivity contribution is 5.86. The second-order valence-electron chi connectivity index (χ2n) is 5.91. The molecule has 8 heteroatoms. The Hall–Kier alpha value is -1.96. The number of anilines is 1. The summed E-state index contributed by atoms with van der Waals surface area (Å²) in [7, 11) is 1.37. The number of benzene rings is 1. The number of carbonyl (C=O) groups excluding carboxylic acids is 1. The van der Waals surface area contributed by atoms with Crippen LogP contribution in [0.1, 0.15) is 32.3 Å². The maximum absolute atomic E-state index is 13.1. The van der Waals surface area contributed by atoms with E-state index in [2.05, 4.69) is 5.32 Å². The van der Waals surface area contributed by atoms with Crippen molar-refractivity contribution < 1.29 is 27.4 Å². The van der Waals surface area contributed by atoms with Crippen LogP contribution in [-0.2, 0) is 4.74 Å². The van der Waals surface area contributed by atoms with E-state index < -0.39 is 30.3 Å². The molecule has 1 unspecified atom stereocenters. The summed E-state index contributed by atoms with van der Waals surface area (Å²) in [6, 6.07) is 3.91. The van der Waals surface area contributed by atoms with Crippen LogP contribution in [0.5, 0.6) is 5.75 Å². The van der Waals surface area contributed by atoms with Gasteiger partial charge in [0.25, 0.3) is 0 Å². The van der Waals surface area contributed by atoms with Crippen molar-refractivity contribution in [1.29, 1.82) is 0 Å². The summed E-state index contributed by atoms with van der Waals surface area (Å²) in [6.07, 6.45) is -5.39. The van der Waals surface area contributed by atoms with E-state index in [1.54, 1.807) is 20.8 Å². The number of hydrogen-bond donors (Lipinski definition) is 2. The first kappa shape index (κ1) is 19.1. The molecule has 0 aliphatic heterocycles. The quantitative estimate of drug-likeness (QED) is 0.881. The standard InChI is InChI=1S/C15H21F3N2O3/c1-14(2,3)23-13(21)20-12-7-9(22-4)5-6-10(12)11(8-19)15(16,17)18/h5-7,11H,8,19H2,1-4H3,(H,20,21). The lowest BCUT2D eigenvalue weighted by molar-refractivity contribution is -0.148. The van der Waals surface area contributed by atoms with Crippen LogP contribution in [-0.4, -0.2) is 31.5 Å². The summed E-state index contributed by atoms with van der Waals surface area (Å²) in [4.78, 5) is 11.9. The van der Waals surface area contributed by atoms with Gasteiger partial charge in [0.15, 0.2) is 0 Å². The fraction of sp³-hybridized carbons (Fsp3) is 0.533. The van der Waals surface area contributed by atoms with Crippen LogP contribution in [0.4, 0.5) is 23.7 Å². The average molecular weight is 334 g/mol. The Morgan fingerprint density at radius 2 is 1.91 bits per heavy atom. The van der Waals surface area contributed by atoms with Crippen LogP contribution in [0.2, 0.25) is 0 Å². The third-order valence-electron chi connectivity index (χ3n) is 2.90. The van der Waals surface area contributed by atoms with E-state index in [-0.39, 0.29) is 11.3 Å². The van der Waals surface area contributed by atoms with Crippen molar-refractivity contribution in [3.63, 3.8) is 0 Å². The van der Waals surface area contributed by atoms with Crippen LogP contribution < -0.4 is 15.8 Å². The Balaban J connectivity index is 3.19. The highest BCUT2D eigenvalue weighted by Gasteiger charge is 2.41.